The van der Waals surface area contributed by atoms with Gasteiger partial charge in [-0.2, -0.15) is 4.68 Å². The number of hydrogen-bond donors (Lipinski definition) is 2. The number of para-hydroxylation sites is 1. The summed E-state index contributed by atoms with van der Waals surface area (Å²) in [5.74, 6) is 0.284. The maximum absolute atomic E-state index is 12.0. The Balaban J connectivity index is 1.76. The van der Waals surface area contributed by atoms with Gasteiger partial charge < -0.3 is 10.6 Å². The van der Waals surface area contributed by atoms with Crippen LogP contribution in [0, 0.1) is 10.1 Å². The number of hydrogen-bond acceptors (Lipinski definition) is 8. The first-order chi connectivity index (χ1) is 13.7. The number of nitro groups is 1. The molecule has 4 rings (SSSR count). The fourth-order valence-electron chi connectivity index (χ4n) is 4.44. The molecule has 10 nitrogen and oxygen atoms in total. The fourth-order valence-corrected chi connectivity index (χ4v) is 4.44. The molecule has 1 aliphatic heterocycles. The first-order valence-corrected chi connectivity index (χ1v) is 9.51. The van der Waals surface area contributed by atoms with E-state index in [1.165, 1.54) is 11.0 Å². The number of benzene rings is 1. The van der Waals surface area contributed by atoms with Crippen molar-refractivity contribution < 1.29 is 4.92 Å². The summed E-state index contributed by atoms with van der Waals surface area (Å²) >= 11 is 0. The topological polar surface area (TPSA) is 124 Å². The molecule has 0 unspecified atom stereocenters. The van der Waals surface area contributed by atoms with Gasteiger partial charge in [-0.15, -0.1) is 5.10 Å². The lowest BCUT2D eigenvalue weighted by molar-refractivity contribution is -0.384. The molecular formula is C19H24N8O2. The molecule has 3 aromatic rings. The number of piperidine rings is 1. The molecule has 0 aliphatic carbocycles. The molecular weight excluding hydrogens is 372 g/mol. The molecule has 0 saturated carbocycles. The minimum Gasteiger partial charge on any atom is -0.361 e. The van der Waals surface area contributed by atoms with Crippen molar-refractivity contribution in [3.8, 4) is 5.82 Å². The van der Waals surface area contributed by atoms with E-state index >= 15 is 0 Å². The zero-order valence-corrected chi connectivity index (χ0v) is 16.9. The van der Waals surface area contributed by atoms with Crippen molar-refractivity contribution in [2.24, 2.45) is 0 Å². The zero-order chi connectivity index (χ0) is 20.8. The Hall–Kier alpha value is -3.14. The number of nitrogens with one attached hydrogen (secondary N) is 2. The highest BCUT2D eigenvalue weighted by atomic mass is 16.6. The number of aromatic nitrogens is 5. The van der Waals surface area contributed by atoms with Gasteiger partial charge in [0.1, 0.15) is 11.8 Å². The normalized spacial score (nSPS) is 18.6. The van der Waals surface area contributed by atoms with Gasteiger partial charge in [-0.25, -0.2) is 9.97 Å². The van der Waals surface area contributed by atoms with Gasteiger partial charge in [0.25, 0.3) is 0 Å². The van der Waals surface area contributed by atoms with Crippen LogP contribution in [0.5, 0.6) is 0 Å². The molecule has 3 heterocycles. The molecule has 1 aliphatic rings. The Kier molecular flexibility index (Phi) is 4.45. The molecule has 0 radical (unpaired) electrons. The van der Waals surface area contributed by atoms with E-state index in [4.69, 9.17) is 0 Å². The SMILES string of the molecule is CC1(C)CC(Nc2ncnc(-n3nnc4ccccc43)c2[N+](=O)[O-])CC(C)(C)N1. The third kappa shape index (κ3) is 3.75. The zero-order valence-electron chi connectivity index (χ0n) is 16.9. The first-order valence-electron chi connectivity index (χ1n) is 9.51. The number of nitrogens with zero attached hydrogens (tertiary/aromatic N) is 6. The van der Waals surface area contributed by atoms with Crippen molar-refractivity contribution in [3.05, 3.63) is 40.7 Å². The van der Waals surface area contributed by atoms with Crippen LogP contribution in [0.25, 0.3) is 16.9 Å². The van der Waals surface area contributed by atoms with Crippen molar-refractivity contribution in [1.29, 1.82) is 0 Å². The molecule has 2 aromatic heterocycles. The highest BCUT2D eigenvalue weighted by molar-refractivity contribution is 5.77. The van der Waals surface area contributed by atoms with Gasteiger partial charge in [0, 0.05) is 17.1 Å². The first kappa shape index (κ1) is 19.2. The van der Waals surface area contributed by atoms with Gasteiger partial charge in [-0.3, -0.25) is 10.1 Å². The predicted octanol–water partition coefficient (Wildman–Crippen LogP) is 2.84. The smallest absolute Gasteiger partial charge is 0.355 e. The standard InChI is InChI=1S/C19H24N8O2/c1-18(2)9-12(10-19(3,4)24-18)22-16-15(27(28)29)17(21-11-20-16)26-14-8-6-5-7-13(14)23-25-26/h5-8,11-12,24H,9-10H2,1-4H3,(H,20,21,22). The Labute approximate surface area is 167 Å². The Morgan fingerprint density at radius 3 is 2.55 bits per heavy atom. The van der Waals surface area contributed by atoms with Crippen LogP contribution in [0.15, 0.2) is 30.6 Å². The van der Waals surface area contributed by atoms with Crippen LogP contribution in [-0.4, -0.2) is 47.0 Å². The third-order valence-corrected chi connectivity index (χ3v) is 5.07. The van der Waals surface area contributed by atoms with Crippen molar-refractivity contribution in [2.45, 2.75) is 57.7 Å². The maximum atomic E-state index is 12.0. The van der Waals surface area contributed by atoms with E-state index in [0.717, 1.165) is 12.8 Å². The van der Waals surface area contributed by atoms with Crippen molar-refractivity contribution >= 4 is 22.5 Å². The van der Waals surface area contributed by atoms with Crippen LogP contribution in [-0.2, 0) is 0 Å². The number of fused-ring (bicyclic) bond motifs is 1. The number of rotatable bonds is 4. The second kappa shape index (κ2) is 6.73. The van der Waals surface area contributed by atoms with Crippen LogP contribution in [0.2, 0.25) is 0 Å². The average Bonchev–Trinajstić information content (AvgIpc) is 3.02. The molecule has 29 heavy (non-hydrogen) atoms. The average molecular weight is 396 g/mol. The Morgan fingerprint density at radius 1 is 1.17 bits per heavy atom. The minimum atomic E-state index is -0.467. The molecule has 152 valence electrons. The summed E-state index contributed by atoms with van der Waals surface area (Å²) in [6, 6.07) is 7.28. The van der Waals surface area contributed by atoms with E-state index in [-0.39, 0.29) is 34.4 Å². The van der Waals surface area contributed by atoms with Crippen LogP contribution in [0.1, 0.15) is 40.5 Å². The van der Waals surface area contributed by atoms with Gasteiger partial charge in [-0.1, -0.05) is 17.3 Å². The maximum Gasteiger partial charge on any atom is 0.355 e. The molecule has 0 spiro atoms. The molecule has 1 fully saturated rings. The minimum absolute atomic E-state index is 0.0233. The van der Waals surface area contributed by atoms with E-state index in [1.54, 1.807) is 12.1 Å². The van der Waals surface area contributed by atoms with E-state index in [2.05, 4.69) is 58.6 Å². The molecule has 0 amide bonds. The fraction of sp³-hybridized carbons (Fsp3) is 0.474. The van der Waals surface area contributed by atoms with Crippen molar-refractivity contribution in [1.82, 2.24) is 30.3 Å². The summed E-state index contributed by atoms with van der Waals surface area (Å²) in [6.07, 6.45) is 2.93. The van der Waals surface area contributed by atoms with Crippen LogP contribution in [0.4, 0.5) is 11.5 Å². The summed E-state index contributed by atoms with van der Waals surface area (Å²) in [4.78, 5) is 19.9. The van der Waals surface area contributed by atoms with Crippen molar-refractivity contribution in [2.75, 3.05) is 5.32 Å². The van der Waals surface area contributed by atoms with Crippen LogP contribution >= 0.6 is 0 Å². The lowest BCUT2D eigenvalue weighted by Gasteiger charge is -2.46. The molecule has 1 aromatic carbocycles. The summed E-state index contributed by atoms with van der Waals surface area (Å²) < 4.78 is 1.39. The second-order valence-electron chi connectivity index (χ2n) is 8.78. The largest absolute Gasteiger partial charge is 0.361 e. The van der Waals surface area contributed by atoms with E-state index in [9.17, 15) is 10.1 Å². The number of anilines is 1. The van der Waals surface area contributed by atoms with Crippen molar-refractivity contribution in [3.63, 3.8) is 0 Å². The van der Waals surface area contributed by atoms with Crippen LogP contribution in [0.3, 0.4) is 0 Å². The van der Waals surface area contributed by atoms with E-state index in [1.807, 2.05) is 12.1 Å². The van der Waals surface area contributed by atoms with Crippen LogP contribution < -0.4 is 10.6 Å². The van der Waals surface area contributed by atoms with E-state index in [0.29, 0.717) is 11.0 Å². The monoisotopic (exact) mass is 396 g/mol. The summed E-state index contributed by atoms with van der Waals surface area (Å²) in [5.41, 5.74) is 0.858. The quantitative estimate of drug-likeness (QED) is 0.510. The molecule has 2 N–H and O–H groups in total. The van der Waals surface area contributed by atoms with Gasteiger partial charge in [0.15, 0.2) is 0 Å². The molecule has 1 saturated heterocycles. The lowest BCUT2D eigenvalue weighted by atomic mass is 9.79. The lowest BCUT2D eigenvalue weighted by Crippen LogP contribution is -2.60. The van der Waals surface area contributed by atoms with Gasteiger partial charge in [-0.05, 0) is 52.7 Å². The Morgan fingerprint density at radius 2 is 1.86 bits per heavy atom. The predicted molar refractivity (Wildman–Crippen MR) is 109 cm³/mol. The molecule has 10 heteroatoms. The second-order valence-corrected chi connectivity index (χ2v) is 8.78. The van der Waals surface area contributed by atoms with E-state index < -0.39 is 4.92 Å². The summed E-state index contributed by atoms with van der Waals surface area (Å²) in [6.45, 7) is 8.52. The summed E-state index contributed by atoms with van der Waals surface area (Å²) in [7, 11) is 0. The van der Waals surface area contributed by atoms with Gasteiger partial charge in [0.2, 0.25) is 11.6 Å². The molecule has 0 atom stereocenters. The highest BCUT2D eigenvalue weighted by Gasteiger charge is 2.39. The third-order valence-electron chi connectivity index (χ3n) is 5.07. The summed E-state index contributed by atoms with van der Waals surface area (Å²) in [5, 5.41) is 27.0. The molecule has 0 bridgehead atoms. The van der Waals surface area contributed by atoms with Gasteiger partial charge in [0.05, 0.1) is 10.4 Å². The Bertz CT molecular complexity index is 1060. The van der Waals surface area contributed by atoms with Gasteiger partial charge >= 0.3 is 5.69 Å². The highest BCUT2D eigenvalue weighted by Crippen LogP contribution is 2.34.